The Bertz CT molecular complexity index is 594. The van der Waals surface area contributed by atoms with Gasteiger partial charge in [0.1, 0.15) is 11.5 Å². The highest BCUT2D eigenvalue weighted by atomic mass is 16.5. The summed E-state index contributed by atoms with van der Waals surface area (Å²) < 4.78 is 26.5. The second-order valence-electron chi connectivity index (χ2n) is 4.20. The van der Waals surface area contributed by atoms with Crippen molar-refractivity contribution in [3.63, 3.8) is 0 Å². The number of hydrogen-bond acceptors (Lipinski definition) is 2. The van der Waals surface area contributed by atoms with Crippen molar-refractivity contribution in [2.45, 2.75) is 13.8 Å². The van der Waals surface area contributed by atoms with E-state index in [0.717, 1.165) is 22.3 Å². The van der Waals surface area contributed by atoms with Crippen LogP contribution in [-0.2, 0) is 0 Å². The average Bonchev–Trinajstić information content (AvgIpc) is 2.43. The van der Waals surface area contributed by atoms with Crippen molar-refractivity contribution in [3.8, 4) is 22.6 Å². The fourth-order valence-electron chi connectivity index (χ4n) is 1.93. The molecule has 0 radical (unpaired) electrons. The molecule has 0 aromatic heterocycles. The smallest absolute Gasteiger partial charge is 0.126 e. The quantitative estimate of drug-likeness (QED) is 0.812. The summed E-state index contributed by atoms with van der Waals surface area (Å²) >= 11 is 0. The molecule has 0 saturated heterocycles. The van der Waals surface area contributed by atoms with Crippen LogP contribution in [-0.4, -0.2) is 14.2 Å². The number of aryl methyl sites for hydroxylation is 2. The van der Waals surface area contributed by atoms with E-state index in [9.17, 15) is 0 Å². The predicted octanol–water partition coefficient (Wildman–Crippen LogP) is 3.99. The minimum absolute atomic E-state index is 0.443. The zero-order valence-electron chi connectivity index (χ0n) is 13.1. The Balaban J connectivity index is 2.73. The molecule has 0 aliphatic carbocycles. The molecule has 0 unspecified atom stereocenters. The fraction of sp³-hybridized carbons (Fsp3) is 0.250. The third-order valence-electron chi connectivity index (χ3n) is 2.84. The molecule has 2 aromatic carbocycles. The van der Waals surface area contributed by atoms with Crippen molar-refractivity contribution in [1.82, 2.24) is 0 Å². The van der Waals surface area contributed by atoms with Gasteiger partial charge in [-0.1, -0.05) is 23.2 Å². The highest BCUT2D eigenvalue weighted by Crippen LogP contribution is 2.37. The second-order valence-corrected chi connectivity index (χ2v) is 4.20. The number of ether oxygens (including phenoxy) is 2. The first kappa shape index (κ1) is 10.0. The van der Waals surface area contributed by atoms with Gasteiger partial charge in [0.15, 0.2) is 0 Å². The van der Waals surface area contributed by atoms with E-state index >= 15 is 0 Å². The molecule has 0 spiro atoms. The van der Waals surface area contributed by atoms with Crippen LogP contribution in [0.4, 0.5) is 0 Å². The summed E-state index contributed by atoms with van der Waals surface area (Å²) in [6, 6.07) is 8.13. The summed E-state index contributed by atoms with van der Waals surface area (Å²) in [5.41, 5.74) is 3.49. The van der Waals surface area contributed by atoms with Crippen LogP contribution in [0.15, 0.2) is 36.4 Å². The van der Waals surface area contributed by atoms with Crippen LogP contribution < -0.4 is 9.47 Å². The average molecular weight is 244 g/mol. The Kier molecular flexibility index (Phi) is 2.85. The van der Waals surface area contributed by atoms with Gasteiger partial charge in [0, 0.05) is 11.1 Å². The lowest BCUT2D eigenvalue weighted by Gasteiger charge is -2.13. The summed E-state index contributed by atoms with van der Waals surface area (Å²) in [5, 5.41) is 0. The first-order valence-electron chi connectivity index (χ1n) is 6.78. The van der Waals surface area contributed by atoms with E-state index in [0.29, 0.717) is 23.6 Å². The van der Waals surface area contributed by atoms with Gasteiger partial charge in [0.25, 0.3) is 0 Å². The molecule has 0 saturated carbocycles. The summed E-state index contributed by atoms with van der Waals surface area (Å²) in [6.07, 6.45) is 0. The first-order valence-corrected chi connectivity index (χ1v) is 5.78. The van der Waals surface area contributed by atoms with E-state index in [1.807, 2.05) is 26.0 Å². The third kappa shape index (κ3) is 2.33. The molecule has 2 heteroatoms. The van der Waals surface area contributed by atoms with Crippen molar-refractivity contribution in [3.05, 3.63) is 47.5 Å². The standard InChI is InChI=1S/C16H18O2/c1-11-5-7-15(17-3)13(9-11)14-10-12(2)6-8-16(14)18-4/h5-10H,1-4H3/i5D,6D. The Morgan fingerprint density at radius 3 is 1.56 bits per heavy atom. The topological polar surface area (TPSA) is 18.5 Å². The van der Waals surface area contributed by atoms with E-state index in [-0.39, 0.29) is 0 Å². The van der Waals surface area contributed by atoms with Gasteiger partial charge in [0.05, 0.1) is 17.0 Å². The predicted molar refractivity (Wildman–Crippen MR) is 74.5 cm³/mol. The zero-order valence-corrected chi connectivity index (χ0v) is 11.1. The molecule has 0 fully saturated rings. The van der Waals surface area contributed by atoms with E-state index in [2.05, 4.69) is 0 Å². The van der Waals surface area contributed by atoms with Crippen LogP contribution in [0, 0.1) is 13.8 Å². The minimum Gasteiger partial charge on any atom is -0.496 e. The fourth-order valence-corrected chi connectivity index (χ4v) is 1.93. The zero-order chi connectivity index (χ0) is 14.9. The largest absolute Gasteiger partial charge is 0.496 e. The van der Waals surface area contributed by atoms with E-state index in [4.69, 9.17) is 12.2 Å². The Morgan fingerprint density at radius 1 is 0.833 bits per heavy atom. The normalized spacial score (nSPS) is 11.8. The van der Waals surface area contributed by atoms with Crippen molar-refractivity contribution in [2.24, 2.45) is 0 Å². The van der Waals surface area contributed by atoms with Gasteiger partial charge in [0.2, 0.25) is 0 Å². The second kappa shape index (κ2) is 5.13. The number of hydrogen-bond donors (Lipinski definition) is 0. The highest BCUT2D eigenvalue weighted by Gasteiger charge is 2.11. The van der Waals surface area contributed by atoms with Crippen molar-refractivity contribution >= 4 is 0 Å². The van der Waals surface area contributed by atoms with Gasteiger partial charge in [-0.05, 0) is 38.1 Å². The SMILES string of the molecule is [2H]c1cc(OC)c(-c2cc(C)c([2H])cc2OC)cc1C. The molecular formula is C16H18O2. The summed E-state index contributed by atoms with van der Waals surface area (Å²) in [4.78, 5) is 0. The lowest BCUT2D eigenvalue weighted by molar-refractivity contribution is 0.410. The summed E-state index contributed by atoms with van der Waals surface area (Å²) in [5.74, 6) is 1.27. The van der Waals surface area contributed by atoms with E-state index in [1.54, 1.807) is 26.4 Å². The lowest BCUT2D eigenvalue weighted by Crippen LogP contribution is -1.93. The minimum atomic E-state index is 0.443. The van der Waals surface area contributed by atoms with Gasteiger partial charge in [-0.15, -0.1) is 0 Å². The number of benzene rings is 2. The first-order chi connectivity index (χ1) is 9.47. The number of methoxy groups -OCH3 is 2. The van der Waals surface area contributed by atoms with Gasteiger partial charge in [-0.2, -0.15) is 0 Å². The van der Waals surface area contributed by atoms with Crippen LogP contribution in [0.3, 0.4) is 0 Å². The maximum Gasteiger partial charge on any atom is 0.126 e. The van der Waals surface area contributed by atoms with Crippen LogP contribution in [0.1, 0.15) is 13.9 Å². The number of rotatable bonds is 3. The Labute approximate surface area is 111 Å². The van der Waals surface area contributed by atoms with Gasteiger partial charge >= 0.3 is 0 Å². The monoisotopic (exact) mass is 244 g/mol. The molecule has 0 atom stereocenters. The molecule has 18 heavy (non-hydrogen) atoms. The maximum absolute atomic E-state index is 7.86. The van der Waals surface area contributed by atoms with Gasteiger partial charge in [-0.3, -0.25) is 0 Å². The van der Waals surface area contributed by atoms with Crippen molar-refractivity contribution in [2.75, 3.05) is 14.2 Å². The van der Waals surface area contributed by atoms with Gasteiger partial charge in [-0.25, -0.2) is 0 Å². The maximum atomic E-state index is 7.86. The Hall–Kier alpha value is -1.96. The molecule has 0 aliphatic heterocycles. The molecule has 0 aliphatic rings. The van der Waals surface area contributed by atoms with Crippen molar-refractivity contribution < 1.29 is 12.2 Å². The van der Waals surface area contributed by atoms with E-state index < -0.39 is 0 Å². The molecule has 0 heterocycles. The molecule has 0 bridgehead atoms. The molecule has 0 amide bonds. The van der Waals surface area contributed by atoms with E-state index in [1.165, 1.54) is 0 Å². The Morgan fingerprint density at radius 2 is 1.22 bits per heavy atom. The molecule has 94 valence electrons. The molecular weight excluding hydrogens is 224 g/mol. The lowest BCUT2D eigenvalue weighted by atomic mass is 9.99. The summed E-state index contributed by atoms with van der Waals surface area (Å²) in [7, 11) is 3.18. The van der Waals surface area contributed by atoms with Crippen LogP contribution in [0.2, 0.25) is 0 Å². The summed E-state index contributed by atoms with van der Waals surface area (Å²) in [6.45, 7) is 3.78. The van der Waals surface area contributed by atoms with Crippen molar-refractivity contribution in [1.29, 1.82) is 0 Å². The molecule has 0 N–H and O–H groups in total. The van der Waals surface area contributed by atoms with Crippen LogP contribution >= 0.6 is 0 Å². The van der Waals surface area contributed by atoms with Crippen LogP contribution in [0.5, 0.6) is 11.5 Å². The molecule has 2 rings (SSSR count). The van der Waals surface area contributed by atoms with Gasteiger partial charge < -0.3 is 9.47 Å². The van der Waals surface area contributed by atoms with Crippen LogP contribution in [0.25, 0.3) is 11.1 Å². The molecule has 2 nitrogen and oxygen atoms in total. The molecule has 2 aromatic rings. The highest BCUT2D eigenvalue weighted by molar-refractivity contribution is 5.77. The third-order valence-corrected chi connectivity index (χ3v) is 2.84.